The van der Waals surface area contributed by atoms with Gasteiger partial charge in [-0.15, -0.1) is 0 Å². The molecule has 0 aromatic heterocycles. The first kappa shape index (κ1) is 21.5. The van der Waals surface area contributed by atoms with Crippen LogP contribution in [0, 0.1) is 20.2 Å². The Morgan fingerprint density at radius 2 is 1.65 bits per heavy atom. The largest absolute Gasteiger partial charge is 0.497 e. The highest BCUT2D eigenvalue weighted by atomic mass is 32.2. The highest BCUT2D eigenvalue weighted by Crippen LogP contribution is 2.33. The number of methoxy groups -OCH3 is 1. The Morgan fingerprint density at radius 3 is 2.23 bits per heavy atom. The van der Waals surface area contributed by atoms with Crippen LogP contribution < -0.4 is 4.74 Å². The lowest BCUT2D eigenvalue weighted by Gasteiger charge is -2.13. The second-order valence-corrected chi connectivity index (χ2v) is 8.03. The molecule has 0 unspecified atom stereocenters. The molecule has 2 aromatic rings. The maximum absolute atomic E-state index is 13.1. The molecular formula is C19H13N3O8S. The summed E-state index contributed by atoms with van der Waals surface area (Å²) in [5, 5.41) is 22.2. The van der Waals surface area contributed by atoms with Crippen LogP contribution in [0.15, 0.2) is 75.5 Å². The number of rotatable bonds is 6. The quantitative estimate of drug-likeness (QED) is 0.374. The molecular weight excluding hydrogens is 430 g/mol. The number of nitro groups is 2. The molecule has 0 saturated carbocycles. The van der Waals surface area contributed by atoms with E-state index in [1.54, 1.807) is 0 Å². The van der Waals surface area contributed by atoms with E-state index in [9.17, 15) is 33.4 Å². The number of benzene rings is 2. The smallest absolute Gasteiger partial charge is 0.301 e. The molecule has 0 amide bonds. The molecule has 31 heavy (non-hydrogen) atoms. The first-order valence-corrected chi connectivity index (χ1v) is 9.96. The molecule has 0 spiro atoms. The van der Waals surface area contributed by atoms with Crippen LogP contribution in [0.2, 0.25) is 0 Å². The van der Waals surface area contributed by atoms with E-state index >= 15 is 0 Å². The number of ether oxygens (including phenoxy) is 1. The molecule has 0 atom stereocenters. The summed E-state index contributed by atoms with van der Waals surface area (Å²) in [4.78, 5) is 35.9. The van der Waals surface area contributed by atoms with Crippen molar-refractivity contribution in [3.05, 3.63) is 85.8 Å². The van der Waals surface area contributed by atoms with E-state index < -0.39 is 41.7 Å². The SMILES string of the molecule is COc1ccc(S(=O)(=O)C2=CC(=O)C=CC2=Nc2ccc([N+](=O)[O-])cc2[N+](=O)[O-])cc1. The van der Waals surface area contributed by atoms with Crippen LogP contribution in [-0.2, 0) is 14.6 Å². The van der Waals surface area contributed by atoms with Gasteiger partial charge in [-0.2, -0.15) is 0 Å². The monoisotopic (exact) mass is 443 g/mol. The molecule has 0 fully saturated rings. The van der Waals surface area contributed by atoms with Gasteiger partial charge >= 0.3 is 5.69 Å². The molecule has 3 rings (SSSR count). The predicted octanol–water partition coefficient (Wildman–Crippen LogP) is 3.08. The van der Waals surface area contributed by atoms with E-state index in [0.717, 1.165) is 36.4 Å². The van der Waals surface area contributed by atoms with Gasteiger partial charge in [0.15, 0.2) is 5.78 Å². The lowest BCUT2D eigenvalue weighted by atomic mass is 10.1. The number of sulfone groups is 1. The number of hydrogen-bond donors (Lipinski definition) is 0. The third-order valence-electron chi connectivity index (χ3n) is 4.20. The Morgan fingerprint density at radius 1 is 0.968 bits per heavy atom. The third kappa shape index (κ3) is 4.38. The number of carbonyl (C=O) groups is 1. The van der Waals surface area contributed by atoms with Gasteiger partial charge < -0.3 is 4.74 Å². The van der Waals surface area contributed by atoms with Crippen molar-refractivity contribution in [3.8, 4) is 5.75 Å². The molecule has 0 radical (unpaired) electrons. The lowest BCUT2D eigenvalue weighted by Crippen LogP contribution is -2.17. The van der Waals surface area contributed by atoms with Gasteiger partial charge in [-0.05, 0) is 42.5 Å². The van der Waals surface area contributed by atoms with Crippen molar-refractivity contribution in [2.75, 3.05) is 7.11 Å². The number of allylic oxidation sites excluding steroid dienone is 4. The first-order chi connectivity index (χ1) is 14.6. The summed E-state index contributed by atoms with van der Waals surface area (Å²) in [7, 11) is -2.80. The topological polar surface area (TPSA) is 159 Å². The fourth-order valence-corrected chi connectivity index (χ4v) is 4.09. The van der Waals surface area contributed by atoms with Crippen molar-refractivity contribution in [2.45, 2.75) is 4.90 Å². The summed E-state index contributed by atoms with van der Waals surface area (Å²) in [6.07, 6.45) is 3.03. The van der Waals surface area contributed by atoms with Gasteiger partial charge in [-0.25, -0.2) is 13.4 Å². The minimum atomic E-state index is -4.22. The Balaban J connectivity index is 2.14. The van der Waals surface area contributed by atoms with E-state index in [-0.39, 0.29) is 16.3 Å². The fraction of sp³-hybridized carbons (Fsp3) is 0.0526. The number of carbonyl (C=O) groups excluding carboxylic acids is 1. The van der Waals surface area contributed by atoms with Gasteiger partial charge in [0.2, 0.25) is 9.84 Å². The van der Waals surface area contributed by atoms with Crippen molar-refractivity contribution in [1.82, 2.24) is 0 Å². The van der Waals surface area contributed by atoms with Crippen molar-refractivity contribution >= 4 is 38.4 Å². The number of aliphatic imine (C=N–C) groups is 1. The normalized spacial score (nSPS) is 14.9. The summed E-state index contributed by atoms with van der Waals surface area (Å²) in [5.74, 6) is -0.188. The highest BCUT2D eigenvalue weighted by molar-refractivity contribution is 7.96. The molecule has 11 nitrogen and oxygen atoms in total. The maximum Gasteiger partial charge on any atom is 0.301 e. The van der Waals surface area contributed by atoms with Gasteiger partial charge in [-0.1, -0.05) is 0 Å². The molecule has 0 N–H and O–H groups in total. The van der Waals surface area contributed by atoms with Gasteiger partial charge in [-0.3, -0.25) is 25.0 Å². The molecule has 0 heterocycles. The number of nitro benzene ring substituents is 2. The van der Waals surface area contributed by atoms with E-state index in [2.05, 4.69) is 4.99 Å². The highest BCUT2D eigenvalue weighted by Gasteiger charge is 2.28. The molecule has 0 aliphatic heterocycles. The second kappa shape index (κ2) is 8.28. The Hall–Kier alpha value is -4.19. The molecule has 158 valence electrons. The van der Waals surface area contributed by atoms with Gasteiger partial charge in [0.25, 0.3) is 5.69 Å². The molecule has 1 aliphatic carbocycles. The van der Waals surface area contributed by atoms with Gasteiger partial charge in [0.05, 0.1) is 33.6 Å². The summed E-state index contributed by atoms with van der Waals surface area (Å²) < 4.78 is 31.2. The van der Waals surface area contributed by atoms with E-state index in [4.69, 9.17) is 4.74 Å². The number of ketones is 1. The minimum absolute atomic E-state index is 0.145. The van der Waals surface area contributed by atoms with Crippen molar-refractivity contribution < 1.29 is 27.8 Å². The summed E-state index contributed by atoms with van der Waals surface area (Å²) in [6, 6.07) is 8.17. The van der Waals surface area contributed by atoms with Gasteiger partial charge in [0.1, 0.15) is 16.3 Å². The number of hydrogen-bond acceptors (Lipinski definition) is 9. The molecule has 0 bridgehead atoms. The zero-order valence-electron chi connectivity index (χ0n) is 15.8. The Labute approximate surface area is 175 Å². The first-order valence-electron chi connectivity index (χ1n) is 8.48. The van der Waals surface area contributed by atoms with Crippen molar-refractivity contribution in [2.24, 2.45) is 4.99 Å². The average Bonchev–Trinajstić information content (AvgIpc) is 2.74. The van der Waals surface area contributed by atoms with Crippen LogP contribution in [0.3, 0.4) is 0 Å². The van der Waals surface area contributed by atoms with Crippen molar-refractivity contribution in [3.63, 3.8) is 0 Å². The van der Waals surface area contributed by atoms with Crippen LogP contribution in [0.1, 0.15) is 0 Å². The number of nitrogens with zero attached hydrogens (tertiary/aromatic N) is 3. The third-order valence-corrected chi connectivity index (χ3v) is 6.00. The fourth-order valence-electron chi connectivity index (χ4n) is 2.68. The minimum Gasteiger partial charge on any atom is -0.497 e. The molecule has 1 aliphatic rings. The molecule has 0 saturated heterocycles. The van der Waals surface area contributed by atoms with Crippen LogP contribution in [0.25, 0.3) is 0 Å². The standard InChI is InChI=1S/C19H13N3O8S/c1-30-14-4-6-15(7-5-14)31(28,29)19-11-13(23)3-9-17(19)20-16-8-2-12(21(24)25)10-18(16)22(26)27/h2-11H,1H3. The summed E-state index contributed by atoms with van der Waals surface area (Å²) in [6.45, 7) is 0. The summed E-state index contributed by atoms with van der Waals surface area (Å²) in [5.41, 5.74) is -1.74. The lowest BCUT2D eigenvalue weighted by molar-refractivity contribution is -0.393. The summed E-state index contributed by atoms with van der Waals surface area (Å²) >= 11 is 0. The average molecular weight is 443 g/mol. The van der Waals surface area contributed by atoms with Crippen LogP contribution in [0.4, 0.5) is 17.1 Å². The van der Waals surface area contributed by atoms with Crippen LogP contribution in [0.5, 0.6) is 5.75 Å². The van der Waals surface area contributed by atoms with E-state index in [0.29, 0.717) is 5.75 Å². The zero-order valence-corrected chi connectivity index (χ0v) is 16.6. The number of non-ortho nitro benzene ring substituents is 1. The van der Waals surface area contributed by atoms with E-state index in [1.807, 2.05) is 0 Å². The van der Waals surface area contributed by atoms with Crippen LogP contribution >= 0.6 is 0 Å². The zero-order chi connectivity index (χ0) is 22.8. The Bertz CT molecular complexity index is 1290. The van der Waals surface area contributed by atoms with Crippen LogP contribution in [-0.4, -0.2) is 36.9 Å². The maximum atomic E-state index is 13.1. The van der Waals surface area contributed by atoms with Gasteiger partial charge in [0, 0.05) is 12.1 Å². The second-order valence-electron chi connectivity index (χ2n) is 6.11. The van der Waals surface area contributed by atoms with Crippen molar-refractivity contribution in [1.29, 1.82) is 0 Å². The Kier molecular flexibility index (Phi) is 5.75. The predicted molar refractivity (Wildman–Crippen MR) is 109 cm³/mol. The van der Waals surface area contributed by atoms with E-state index in [1.165, 1.54) is 31.4 Å². The molecule has 12 heteroatoms. The molecule has 2 aromatic carbocycles.